The molecule has 0 radical (unpaired) electrons. The number of hydrogen-bond donors (Lipinski definition) is 2. The van der Waals surface area contributed by atoms with Gasteiger partial charge in [-0.05, 0) is 18.6 Å². The highest BCUT2D eigenvalue weighted by Gasteiger charge is 2.25. The first kappa shape index (κ1) is 11.1. The van der Waals surface area contributed by atoms with Crippen molar-refractivity contribution in [3.63, 3.8) is 0 Å². The SMILES string of the molecule is N[C@@H](C[C@H]1C=Nc2cccc(Cl)c21)C(=O)O. The Morgan fingerprint density at radius 3 is 3.06 bits per heavy atom. The number of halogens is 1. The number of nitrogens with zero attached hydrogens (tertiary/aromatic N) is 1. The van der Waals surface area contributed by atoms with Crippen molar-refractivity contribution in [3.8, 4) is 0 Å². The second-order valence-electron chi connectivity index (χ2n) is 3.74. The average molecular weight is 239 g/mol. The van der Waals surface area contributed by atoms with Gasteiger partial charge in [0.1, 0.15) is 6.04 Å². The van der Waals surface area contributed by atoms with Crippen molar-refractivity contribution >= 4 is 29.5 Å². The molecule has 1 heterocycles. The molecule has 4 nitrogen and oxygen atoms in total. The van der Waals surface area contributed by atoms with E-state index in [0.717, 1.165) is 11.3 Å². The van der Waals surface area contributed by atoms with Crippen LogP contribution in [0, 0.1) is 0 Å². The molecule has 1 aliphatic heterocycles. The minimum Gasteiger partial charge on any atom is -0.480 e. The van der Waals surface area contributed by atoms with Crippen molar-refractivity contribution in [3.05, 3.63) is 28.8 Å². The minimum absolute atomic E-state index is 0.102. The molecule has 0 unspecified atom stereocenters. The van der Waals surface area contributed by atoms with E-state index in [2.05, 4.69) is 4.99 Å². The van der Waals surface area contributed by atoms with Crippen LogP contribution < -0.4 is 5.73 Å². The number of carbonyl (C=O) groups is 1. The van der Waals surface area contributed by atoms with Crippen LogP contribution in [0.5, 0.6) is 0 Å². The van der Waals surface area contributed by atoms with Crippen LogP contribution in [0.25, 0.3) is 0 Å². The summed E-state index contributed by atoms with van der Waals surface area (Å²) in [7, 11) is 0. The lowest BCUT2D eigenvalue weighted by Gasteiger charge is -2.13. The van der Waals surface area contributed by atoms with Gasteiger partial charge in [0.15, 0.2) is 0 Å². The predicted octanol–water partition coefficient (Wildman–Crippen LogP) is 1.94. The fourth-order valence-electron chi connectivity index (χ4n) is 1.80. The number of aliphatic carboxylic acids is 1. The third kappa shape index (κ3) is 1.94. The second-order valence-corrected chi connectivity index (χ2v) is 4.14. The van der Waals surface area contributed by atoms with Crippen molar-refractivity contribution in [1.82, 2.24) is 0 Å². The fourth-order valence-corrected chi connectivity index (χ4v) is 2.11. The number of fused-ring (bicyclic) bond motifs is 1. The van der Waals surface area contributed by atoms with Crippen molar-refractivity contribution in [2.45, 2.75) is 18.4 Å². The number of hydrogen-bond acceptors (Lipinski definition) is 3. The van der Waals surface area contributed by atoms with Gasteiger partial charge in [0, 0.05) is 22.7 Å². The van der Waals surface area contributed by atoms with E-state index in [-0.39, 0.29) is 5.92 Å². The van der Waals surface area contributed by atoms with Gasteiger partial charge in [-0.2, -0.15) is 0 Å². The van der Waals surface area contributed by atoms with Crippen molar-refractivity contribution in [2.75, 3.05) is 0 Å². The molecular formula is C11H11ClN2O2. The summed E-state index contributed by atoms with van der Waals surface area (Å²) in [4.78, 5) is 14.9. The van der Waals surface area contributed by atoms with Crippen molar-refractivity contribution < 1.29 is 9.90 Å². The molecule has 0 aliphatic carbocycles. The summed E-state index contributed by atoms with van der Waals surface area (Å²) in [5.74, 6) is -1.11. The Morgan fingerprint density at radius 2 is 2.38 bits per heavy atom. The molecule has 0 bridgehead atoms. The van der Waals surface area contributed by atoms with Gasteiger partial charge >= 0.3 is 5.97 Å². The van der Waals surface area contributed by atoms with Crippen LogP contribution >= 0.6 is 11.6 Å². The standard InChI is InChI=1S/C11H11ClN2O2/c12-7-2-1-3-9-10(7)6(5-14-9)4-8(13)11(15)16/h1-3,5-6,8H,4,13H2,(H,15,16)/t6-,8-/m0/s1. The van der Waals surface area contributed by atoms with Crippen LogP contribution in [0.15, 0.2) is 23.2 Å². The summed E-state index contributed by atoms with van der Waals surface area (Å²) in [5, 5.41) is 9.37. The minimum atomic E-state index is -1.01. The van der Waals surface area contributed by atoms with Crippen LogP contribution in [0.4, 0.5) is 5.69 Å². The van der Waals surface area contributed by atoms with E-state index in [1.165, 1.54) is 0 Å². The van der Waals surface area contributed by atoms with Gasteiger partial charge in [-0.25, -0.2) is 0 Å². The normalized spacial score (nSPS) is 19.5. The zero-order valence-corrected chi connectivity index (χ0v) is 9.19. The topological polar surface area (TPSA) is 75.7 Å². The maximum Gasteiger partial charge on any atom is 0.320 e. The molecule has 0 saturated heterocycles. The largest absolute Gasteiger partial charge is 0.480 e. The van der Waals surface area contributed by atoms with Gasteiger partial charge in [-0.1, -0.05) is 17.7 Å². The van der Waals surface area contributed by atoms with Crippen LogP contribution in [0.2, 0.25) is 5.02 Å². The van der Waals surface area contributed by atoms with E-state index in [0.29, 0.717) is 11.4 Å². The van der Waals surface area contributed by atoms with Crippen LogP contribution in [-0.4, -0.2) is 23.3 Å². The Morgan fingerprint density at radius 1 is 1.62 bits per heavy atom. The van der Waals surface area contributed by atoms with E-state index in [4.69, 9.17) is 22.4 Å². The quantitative estimate of drug-likeness (QED) is 0.845. The highest BCUT2D eigenvalue weighted by molar-refractivity contribution is 6.32. The lowest BCUT2D eigenvalue weighted by molar-refractivity contribution is -0.138. The molecule has 1 aromatic rings. The molecule has 0 spiro atoms. The Bertz CT molecular complexity index is 459. The monoisotopic (exact) mass is 238 g/mol. The highest BCUT2D eigenvalue weighted by Crippen LogP contribution is 2.39. The summed E-state index contributed by atoms with van der Waals surface area (Å²) in [6, 6.07) is 4.55. The molecule has 1 aliphatic rings. The zero-order valence-electron chi connectivity index (χ0n) is 8.43. The molecule has 5 heteroatoms. The summed E-state index contributed by atoms with van der Waals surface area (Å²) in [6.07, 6.45) is 2.02. The maximum atomic E-state index is 10.7. The smallest absolute Gasteiger partial charge is 0.320 e. The van der Waals surface area contributed by atoms with Gasteiger partial charge in [-0.3, -0.25) is 9.79 Å². The van der Waals surface area contributed by atoms with E-state index in [1.807, 2.05) is 12.1 Å². The zero-order chi connectivity index (χ0) is 11.7. The van der Waals surface area contributed by atoms with Crippen LogP contribution in [0.3, 0.4) is 0 Å². The molecule has 2 atom stereocenters. The lowest BCUT2D eigenvalue weighted by Crippen LogP contribution is -2.31. The summed E-state index contributed by atoms with van der Waals surface area (Å²) < 4.78 is 0. The Balaban J connectivity index is 2.24. The molecule has 84 valence electrons. The Hall–Kier alpha value is -1.39. The number of rotatable bonds is 3. The number of carboxylic acid groups (broad SMARTS) is 1. The summed E-state index contributed by atoms with van der Waals surface area (Å²) in [6.45, 7) is 0. The maximum absolute atomic E-state index is 10.7. The predicted molar refractivity (Wildman–Crippen MR) is 62.6 cm³/mol. The van der Waals surface area contributed by atoms with Gasteiger partial charge in [0.05, 0.1) is 5.69 Å². The van der Waals surface area contributed by atoms with E-state index in [9.17, 15) is 4.79 Å². The second kappa shape index (κ2) is 4.23. The molecule has 0 saturated carbocycles. The molecule has 0 aromatic heterocycles. The van der Waals surface area contributed by atoms with Crippen molar-refractivity contribution in [1.29, 1.82) is 0 Å². The highest BCUT2D eigenvalue weighted by atomic mass is 35.5. The molecule has 16 heavy (non-hydrogen) atoms. The van der Waals surface area contributed by atoms with E-state index < -0.39 is 12.0 Å². The molecule has 1 aromatic carbocycles. The average Bonchev–Trinajstić information content (AvgIpc) is 2.63. The van der Waals surface area contributed by atoms with Crippen LogP contribution in [0.1, 0.15) is 17.9 Å². The molecule has 2 rings (SSSR count). The third-order valence-electron chi connectivity index (χ3n) is 2.62. The van der Waals surface area contributed by atoms with Gasteiger partial charge < -0.3 is 10.8 Å². The Kier molecular flexibility index (Phi) is 2.94. The first-order valence-corrected chi connectivity index (χ1v) is 5.28. The van der Waals surface area contributed by atoms with Crippen molar-refractivity contribution in [2.24, 2.45) is 10.7 Å². The molecule has 0 fully saturated rings. The summed E-state index contributed by atoms with van der Waals surface area (Å²) in [5.41, 5.74) is 7.18. The van der Waals surface area contributed by atoms with Gasteiger partial charge in [0.25, 0.3) is 0 Å². The van der Waals surface area contributed by atoms with E-state index >= 15 is 0 Å². The van der Waals surface area contributed by atoms with Crippen LogP contribution in [-0.2, 0) is 4.79 Å². The first-order valence-electron chi connectivity index (χ1n) is 4.90. The Labute approximate surface area is 97.7 Å². The lowest BCUT2D eigenvalue weighted by atomic mass is 9.94. The van der Waals surface area contributed by atoms with Gasteiger partial charge in [0.2, 0.25) is 0 Å². The molecule has 0 amide bonds. The number of benzene rings is 1. The third-order valence-corrected chi connectivity index (χ3v) is 2.95. The number of aliphatic imine (C=N–C) groups is 1. The summed E-state index contributed by atoms with van der Waals surface area (Å²) >= 11 is 6.06. The number of nitrogens with two attached hydrogens (primary N) is 1. The molecule has 3 N–H and O–H groups in total. The molecular weight excluding hydrogens is 228 g/mol. The van der Waals surface area contributed by atoms with E-state index in [1.54, 1.807) is 12.3 Å². The first-order chi connectivity index (χ1) is 7.59. The van der Waals surface area contributed by atoms with Gasteiger partial charge in [-0.15, -0.1) is 0 Å². The fraction of sp³-hybridized carbons (Fsp3) is 0.273. The number of carboxylic acids is 1.